The first-order chi connectivity index (χ1) is 12.4. The summed E-state index contributed by atoms with van der Waals surface area (Å²) in [6.07, 6.45) is 0.499. The molecule has 2 atom stereocenters. The largest absolute Gasteiger partial charge is 0.392 e. The van der Waals surface area contributed by atoms with Gasteiger partial charge in [0, 0.05) is 28.4 Å². The average Bonchev–Trinajstić information content (AvgIpc) is 2.63. The van der Waals surface area contributed by atoms with Crippen molar-refractivity contribution in [1.29, 1.82) is 0 Å². The van der Waals surface area contributed by atoms with Crippen molar-refractivity contribution >= 4 is 29.1 Å². The van der Waals surface area contributed by atoms with Gasteiger partial charge in [-0.05, 0) is 42.2 Å². The molecule has 1 aromatic carbocycles. The number of nitrogens with zero attached hydrogens (tertiary/aromatic N) is 1. The Morgan fingerprint density at radius 3 is 2.92 bits per heavy atom. The summed E-state index contributed by atoms with van der Waals surface area (Å²) < 4.78 is 15.5. The molecule has 0 fully saturated rings. The highest BCUT2D eigenvalue weighted by Gasteiger charge is 2.46. The summed E-state index contributed by atoms with van der Waals surface area (Å²) in [7, 11) is 0. The van der Waals surface area contributed by atoms with Crippen LogP contribution in [0.4, 0.5) is 4.39 Å². The molecule has 1 amide bonds. The SMILES string of the molecule is O=C(NCc1c(Cl)cc(Cl)cc1CO)[C@]1(F)CC[C@H](O)c2ncccc21. The van der Waals surface area contributed by atoms with Gasteiger partial charge in [0.25, 0.3) is 5.91 Å². The van der Waals surface area contributed by atoms with Gasteiger partial charge in [0.1, 0.15) is 0 Å². The molecule has 0 spiro atoms. The molecule has 0 aliphatic heterocycles. The second kappa shape index (κ2) is 7.48. The summed E-state index contributed by atoms with van der Waals surface area (Å²) in [5.74, 6) is -0.839. The van der Waals surface area contributed by atoms with Gasteiger partial charge in [0.2, 0.25) is 5.67 Å². The first kappa shape index (κ1) is 19.0. The van der Waals surface area contributed by atoms with E-state index in [9.17, 15) is 15.0 Å². The first-order valence-electron chi connectivity index (χ1n) is 8.05. The number of pyridine rings is 1. The maximum absolute atomic E-state index is 15.5. The smallest absolute Gasteiger partial charge is 0.262 e. The second-order valence-electron chi connectivity index (χ2n) is 6.16. The van der Waals surface area contributed by atoms with Gasteiger partial charge in [-0.2, -0.15) is 0 Å². The standard InChI is InChI=1S/C18H17Cl2FN2O3/c19-11-6-10(9-24)12(14(20)7-11)8-23-17(26)18(21)4-3-15(25)16-13(18)2-1-5-22-16/h1-2,5-7,15,24-25H,3-4,8-9H2,(H,23,26)/t15-,18-/m0/s1. The number of nitrogens with one attached hydrogen (secondary N) is 1. The van der Waals surface area contributed by atoms with Gasteiger partial charge < -0.3 is 15.5 Å². The van der Waals surface area contributed by atoms with Gasteiger partial charge >= 0.3 is 0 Å². The number of aromatic nitrogens is 1. The van der Waals surface area contributed by atoms with Crippen molar-refractivity contribution in [2.45, 2.75) is 37.8 Å². The van der Waals surface area contributed by atoms with Crippen LogP contribution < -0.4 is 5.32 Å². The zero-order chi connectivity index (χ0) is 18.9. The van der Waals surface area contributed by atoms with Crippen molar-refractivity contribution in [3.63, 3.8) is 0 Å². The van der Waals surface area contributed by atoms with Crippen molar-refractivity contribution in [3.05, 3.63) is 62.9 Å². The second-order valence-corrected chi connectivity index (χ2v) is 7.00. The van der Waals surface area contributed by atoms with Crippen molar-refractivity contribution in [2.75, 3.05) is 0 Å². The zero-order valence-electron chi connectivity index (χ0n) is 13.7. The highest BCUT2D eigenvalue weighted by molar-refractivity contribution is 6.35. The first-order valence-corrected chi connectivity index (χ1v) is 8.80. The van der Waals surface area contributed by atoms with E-state index in [0.717, 1.165) is 0 Å². The molecule has 1 heterocycles. The minimum Gasteiger partial charge on any atom is -0.392 e. The lowest BCUT2D eigenvalue weighted by Gasteiger charge is -2.32. The third kappa shape index (κ3) is 3.42. The number of aliphatic hydroxyl groups excluding tert-OH is 2. The van der Waals surface area contributed by atoms with Crippen molar-refractivity contribution in [2.24, 2.45) is 0 Å². The fourth-order valence-electron chi connectivity index (χ4n) is 3.17. The molecule has 138 valence electrons. The van der Waals surface area contributed by atoms with Gasteiger partial charge in [0.15, 0.2) is 0 Å². The van der Waals surface area contributed by atoms with E-state index < -0.39 is 17.7 Å². The summed E-state index contributed by atoms with van der Waals surface area (Å²) in [4.78, 5) is 16.6. The maximum Gasteiger partial charge on any atom is 0.262 e. The highest BCUT2D eigenvalue weighted by Crippen LogP contribution is 2.42. The lowest BCUT2D eigenvalue weighted by Crippen LogP contribution is -2.44. The number of carbonyl (C=O) groups is 1. The van der Waals surface area contributed by atoms with Crippen LogP contribution in [0.5, 0.6) is 0 Å². The Hall–Kier alpha value is -1.73. The van der Waals surface area contributed by atoms with E-state index in [2.05, 4.69) is 10.3 Å². The molecule has 3 rings (SSSR count). The van der Waals surface area contributed by atoms with E-state index in [1.54, 1.807) is 0 Å². The number of hydrogen-bond donors (Lipinski definition) is 3. The molecular formula is C18H17Cl2FN2O3. The Kier molecular flexibility index (Phi) is 5.48. The van der Waals surface area contributed by atoms with Gasteiger partial charge in [-0.1, -0.05) is 29.3 Å². The number of aliphatic hydroxyl groups is 2. The van der Waals surface area contributed by atoms with Crippen LogP contribution in [0.2, 0.25) is 10.0 Å². The molecule has 0 saturated carbocycles. The molecule has 3 N–H and O–H groups in total. The van der Waals surface area contributed by atoms with Crippen LogP contribution in [0.1, 0.15) is 41.3 Å². The normalized spacial score (nSPS) is 22.0. The third-order valence-electron chi connectivity index (χ3n) is 4.55. The fourth-order valence-corrected chi connectivity index (χ4v) is 3.77. The molecular weight excluding hydrogens is 382 g/mol. The molecule has 0 unspecified atom stereocenters. The predicted octanol–water partition coefficient (Wildman–Crippen LogP) is 3.19. The van der Waals surface area contributed by atoms with Crippen molar-refractivity contribution in [3.8, 4) is 0 Å². The highest BCUT2D eigenvalue weighted by atomic mass is 35.5. The topological polar surface area (TPSA) is 82.5 Å². The minimum atomic E-state index is -2.29. The van der Waals surface area contributed by atoms with E-state index in [1.165, 1.54) is 30.5 Å². The molecule has 0 bridgehead atoms. The summed E-state index contributed by atoms with van der Waals surface area (Å²) in [5.41, 5.74) is -1.12. The Morgan fingerprint density at radius 2 is 2.19 bits per heavy atom. The fraction of sp³-hybridized carbons (Fsp3) is 0.333. The molecule has 0 saturated heterocycles. The summed E-state index contributed by atoms with van der Waals surface area (Å²) in [6, 6.07) is 6.01. The number of hydrogen-bond acceptors (Lipinski definition) is 4. The number of amides is 1. The molecule has 26 heavy (non-hydrogen) atoms. The number of halogens is 3. The van der Waals surface area contributed by atoms with Crippen LogP contribution >= 0.6 is 23.2 Å². The van der Waals surface area contributed by atoms with Crippen LogP contribution in [0.25, 0.3) is 0 Å². The van der Waals surface area contributed by atoms with Crippen molar-refractivity contribution in [1.82, 2.24) is 10.3 Å². The summed E-state index contributed by atoms with van der Waals surface area (Å²) in [6.45, 7) is -0.375. The molecule has 0 radical (unpaired) electrons. The van der Waals surface area contributed by atoms with Crippen LogP contribution in [-0.2, 0) is 23.6 Å². The lowest BCUT2D eigenvalue weighted by atomic mass is 9.81. The number of benzene rings is 1. The van der Waals surface area contributed by atoms with E-state index >= 15 is 4.39 Å². The van der Waals surface area contributed by atoms with E-state index in [-0.39, 0.29) is 42.3 Å². The Balaban J connectivity index is 1.85. The third-order valence-corrected chi connectivity index (χ3v) is 5.11. The molecule has 8 heteroatoms. The van der Waals surface area contributed by atoms with Gasteiger partial charge in [-0.25, -0.2) is 4.39 Å². The number of rotatable bonds is 4. The summed E-state index contributed by atoms with van der Waals surface area (Å²) >= 11 is 12.0. The van der Waals surface area contributed by atoms with E-state index in [4.69, 9.17) is 23.2 Å². The zero-order valence-corrected chi connectivity index (χ0v) is 15.2. The van der Waals surface area contributed by atoms with Crippen molar-refractivity contribution < 1.29 is 19.4 Å². The quantitative estimate of drug-likeness (QED) is 0.738. The number of alkyl halides is 1. The van der Waals surface area contributed by atoms with Crippen LogP contribution in [0, 0.1) is 0 Å². The number of carbonyl (C=O) groups excluding carboxylic acids is 1. The van der Waals surface area contributed by atoms with Gasteiger partial charge in [-0.15, -0.1) is 0 Å². The van der Waals surface area contributed by atoms with Crippen LogP contribution in [-0.4, -0.2) is 21.1 Å². The molecule has 5 nitrogen and oxygen atoms in total. The predicted molar refractivity (Wildman–Crippen MR) is 95.4 cm³/mol. The Bertz CT molecular complexity index is 849. The molecule has 1 aliphatic carbocycles. The molecule has 1 aliphatic rings. The Labute approximate surface area is 159 Å². The van der Waals surface area contributed by atoms with Crippen LogP contribution in [0.15, 0.2) is 30.5 Å². The maximum atomic E-state index is 15.5. The minimum absolute atomic E-state index is 0.0610. The van der Waals surface area contributed by atoms with Gasteiger partial charge in [-0.3, -0.25) is 9.78 Å². The lowest BCUT2D eigenvalue weighted by molar-refractivity contribution is -0.135. The van der Waals surface area contributed by atoms with Gasteiger partial charge in [0.05, 0.1) is 18.4 Å². The van der Waals surface area contributed by atoms with E-state index in [0.29, 0.717) is 16.1 Å². The number of fused-ring (bicyclic) bond motifs is 1. The summed E-state index contributed by atoms with van der Waals surface area (Å²) in [5, 5.41) is 22.6. The van der Waals surface area contributed by atoms with Crippen LogP contribution in [0.3, 0.4) is 0 Å². The van der Waals surface area contributed by atoms with E-state index in [1.807, 2.05) is 0 Å². The molecule has 1 aromatic heterocycles. The molecule has 2 aromatic rings. The average molecular weight is 399 g/mol. The Morgan fingerprint density at radius 1 is 1.42 bits per heavy atom. The monoisotopic (exact) mass is 398 g/mol.